The standard InChI is InChI=1S/C7H10O6.2Ag/c1-7(2)12-3(5(8)9)4(13-7)6(10)11;;/h3-4H,1-2H3,(H,8,9)(H,10,11);;. The van der Waals surface area contributed by atoms with Crippen molar-refractivity contribution >= 4 is 11.9 Å². The molecule has 0 bridgehead atoms. The zero-order chi connectivity index (χ0) is 10.2. The van der Waals surface area contributed by atoms with E-state index in [4.69, 9.17) is 19.7 Å². The molecule has 1 aliphatic heterocycles. The van der Waals surface area contributed by atoms with Crippen LogP contribution in [0.3, 0.4) is 0 Å². The number of hydrogen-bond acceptors (Lipinski definition) is 4. The summed E-state index contributed by atoms with van der Waals surface area (Å²) in [6.45, 7) is 2.93. The van der Waals surface area contributed by atoms with Crippen LogP contribution in [0, 0.1) is 0 Å². The first-order chi connectivity index (χ1) is 5.83. The van der Waals surface area contributed by atoms with Crippen LogP contribution in [0.25, 0.3) is 0 Å². The van der Waals surface area contributed by atoms with Gasteiger partial charge in [-0.3, -0.25) is 0 Å². The summed E-state index contributed by atoms with van der Waals surface area (Å²) in [6, 6.07) is 0. The number of aliphatic carboxylic acids is 2. The van der Waals surface area contributed by atoms with Crippen molar-refractivity contribution in [2.75, 3.05) is 0 Å². The number of carboxylic acid groups (broad SMARTS) is 2. The molecule has 0 spiro atoms. The molecule has 0 saturated carbocycles. The molecule has 6 nitrogen and oxygen atoms in total. The van der Waals surface area contributed by atoms with Crippen molar-refractivity contribution in [2.45, 2.75) is 31.8 Å². The maximum Gasteiger partial charge on any atom is 0.336 e. The van der Waals surface area contributed by atoms with E-state index in [1.807, 2.05) is 0 Å². The van der Waals surface area contributed by atoms with Gasteiger partial charge in [0, 0.05) is 44.8 Å². The Morgan fingerprint density at radius 2 is 1.27 bits per heavy atom. The van der Waals surface area contributed by atoms with Crippen molar-refractivity contribution in [3.8, 4) is 0 Å². The Labute approximate surface area is 117 Å². The topological polar surface area (TPSA) is 93.1 Å². The molecule has 8 heteroatoms. The molecule has 0 aromatic carbocycles. The minimum atomic E-state index is -1.44. The number of rotatable bonds is 2. The van der Waals surface area contributed by atoms with Gasteiger partial charge in [0.05, 0.1) is 0 Å². The third-order valence-corrected chi connectivity index (χ3v) is 1.58. The second-order valence-corrected chi connectivity index (χ2v) is 3.15. The van der Waals surface area contributed by atoms with Crippen LogP contribution in [-0.2, 0) is 63.8 Å². The predicted molar refractivity (Wildman–Crippen MR) is 39.1 cm³/mol. The Bertz CT molecular complexity index is 230. The molecular formula is C7H10Ag2O6. The average Bonchev–Trinajstić information content (AvgIpc) is 2.26. The van der Waals surface area contributed by atoms with E-state index < -0.39 is 29.9 Å². The normalized spacial score (nSPS) is 27.3. The molecule has 1 fully saturated rings. The van der Waals surface area contributed by atoms with Gasteiger partial charge in [-0.1, -0.05) is 0 Å². The van der Waals surface area contributed by atoms with Gasteiger partial charge in [0.1, 0.15) is 0 Å². The monoisotopic (exact) mass is 404 g/mol. The SMILES string of the molecule is CC1(C)OC(C(=O)O)C(C(=O)O)O1.[Ag].[Ag]. The molecule has 2 unspecified atom stereocenters. The summed E-state index contributed by atoms with van der Waals surface area (Å²) < 4.78 is 9.76. The van der Waals surface area contributed by atoms with Gasteiger partial charge < -0.3 is 19.7 Å². The van der Waals surface area contributed by atoms with Gasteiger partial charge >= 0.3 is 11.9 Å². The fraction of sp³-hybridized carbons (Fsp3) is 0.714. The van der Waals surface area contributed by atoms with Crippen molar-refractivity contribution in [1.29, 1.82) is 0 Å². The summed E-state index contributed by atoms with van der Waals surface area (Å²) in [5.74, 6) is -3.83. The first-order valence-corrected chi connectivity index (χ1v) is 3.65. The van der Waals surface area contributed by atoms with Crippen molar-refractivity contribution in [1.82, 2.24) is 0 Å². The molecule has 0 amide bonds. The molecule has 2 radical (unpaired) electrons. The smallest absolute Gasteiger partial charge is 0.336 e. The summed E-state index contributed by atoms with van der Waals surface area (Å²) in [5.41, 5.74) is 0. The van der Waals surface area contributed by atoms with Gasteiger partial charge in [0.15, 0.2) is 18.0 Å². The van der Waals surface area contributed by atoms with E-state index in [0.29, 0.717) is 0 Å². The molecule has 2 N–H and O–H groups in total. The van der Waals surface area contributed by atoms with Gasteiger partial charge in [0.2, 0.25) is 0 Å². The molecule has 0 aromatic rings. The molecule has 0 aromatic heterocycles. The Kier molecular flexibility index (Phi) is 7.29. The molecule has 15 heavy (non-hydrogen) atoms. The van der Waals surface area contributed by atoms with Crippen molar-refractivity contribution in [2.24, 2.45) is 0 Å². The molecule has 1 aliphatic rings. The van der Waals surface area contributed by atoms with Crippen LogP contribution < -0.4 is 0 Å². The third kappa shape index (κ3) is 4.38. The molecule has 2 atom stereocenters. The zero-order valence-corrected chi connectivity index (χ0v) is 10.7. The first-order valence-electron chi connectivity index (χ1n) is 3.65. The summed E-state index contributed by atoms with van der Waals surface area (Å²) in [4.78, 5) is 21.1. The number of carbonyl (C=O) groups is 2. The maximum atomic E-state index is 10.5. The Morgan fingerprint density at radius 3 is 1.47 bits per heavy atom. The zero-order valence-electron chi connectivity index (χ0n) is 7.79. The fourth-order valence-electron chi connectivity index (χ4n) is 1.12. The van der Waals surface area contributed by atoms with Crippen LogP contribution in [0.4, 0.5) is 0 Å². The van der Waals surface area contributed by atoms with Crippen LogP contribution in [0.1, 0.15) is 13.8 Å². The van der Waals surface area contributed by atoms with Crippen molar-refractivity contribution in [3.63, 3.8) is 0 Å². The van der Waals surface area contributed by atoms with Crippen LogP contribution in [-0.4, -0.2) is 40.1 Å². The number of hydrogen-bond donors (Lipinski definition) is 2. The van der Waals surface area contributed by atoms with Crippen molar-refractivity contribution in [3.05, 3.63) is 0 Å². The van der Waals surface area contributed by atoms with Crippen LogP contribution in [0.2, 0.25) is 0 Å². The fourth-order valence-corrected chi connectivity index (χ4v) is 1.12. The molecular weight excluding hydrogens is 396 g/mol. The predicted octanol–water partition coefficient (Wildman–Crippen LogP) is -0.329. The van der Waals surface area contributed by atoms with E-state index in [2.05, 4.69) is 0 Å². The van der Waals surface area contributed by atoms with Gasteiger partial charge in [0.25, 0.3) is 0 Å². The average molecular weight is 406 g/mol. The third-order valence-electron chi connectivity index (χ3n) is 1.58. The van der Waals surface area contributed by atoms with Gasteiger partial charge in [-0.05, 0) is 13.8 Å². The molecule has 1 rings (SSSR count). The second-order valence-electron chi connectivity index (χ2n) is 3.15. The maximum absolute atomic E-state index is 10.5. The van der Waals surface area contributed by atoms with E-state index >= 15 is 0 Å². The Morgan fingerprint density at radius 1 is 1.00 bits per heavy atom. The van der Waals surface area contributed by atoms with Crippen LogP contribution in [0.5, 0.6) is 0 Å². The van der Waals surface area contributed by atoms with Gasteiger partial charge in [-0.2, -0.15) is 0 Å². The van der Waals surface area contributed by atoms with E-state index in [0.717, 1.165) is 0 Å². The summed E-state index contributed by atoms with van der Waals surface area (Å²) in [5, 5.41) is 17.2. The molecule has 96 valence electrons. The first kappa shape index (κ1) is 17.7. The largest absolute Gasteiger partial charge is 0.479 e. The molecule has 1 heterocycles. The molecule has 1 saturated heterocycles. The summed E-state index contributed by atoms with van der Waals surface area (Å²) in [6.07, 6.45) is -2.88. The number of carboxylic acids is 2. The van der Waals surface area contributed by atoms with E-state index in [-0.39, 0.29) is 44.8 Å². The summed E-state index contributed by atoms with van der Waals surface area (Å²) >= 11 is 0. The van der Waals surface area contributed by atoms with Gasteiger partial charge in [-0.25, -0.2) is 9.59 Å². The Hall–Kier alpha value is 0.341. The number of ether oxygens (including phenoxy) is 2. The Balaban J connectivity index is 0. The van der Waals surface area contributed by atoms with Crippen molar-refractivity contribution < 1.29 is 74.0 Å². The van der Waals surface area contributed by atoms with Crippen LogP contribution >= 0.6 is 0 Å². The quantitative estimate of drug-likeness (QED) is 0.611. The van der Waals surface area contributed by atoms with E-state index in [1.165, 1.54) is 13.8 Å². The second kappa shape index (κ2) is 6.17. The van der Waals surface area contributed by atoms with Gasteiger partial charge in [-0.15, -0.1) is 0 Å². The summed E-state index contributed by atoms with van der Waals surface area (Å²) in [7, 11) is 0. The van der Waals surface area contributed by atoms with E-state index in [1.54, 1.807) is 0 Å². The molecule has 0 aliphatic carbocycles. The van der Waals surface area contributed by atoms with Crippen LogP contribution in [0.15, 0.2) is 0 Å². The minimum Gasteiger partial charge on any atom is -0.479 e. The van der Waals surface area contributed by atoms with E-state index in [9.17, 15) is 9.59 Å². The minimum absolute atomic E-state index is 0.